The maximum Gasteiger partial charge on any atom is 0.255 e. The van der Waals surface area contributed by atoms with Gasteiger partial charge in [0.1, 0.15) is 12.9 Å². The predicted molar refractivity (Wildman–Crippen MR) is 43.9 cm³/mol. The number of alkyl halides is 1. The maximum absolute atomic E-state index is 11.8. The molecule has 0 saturated carbocycles. The van der Waals surface area contributed by atoms with Gasteiger partial charge < -0.3 is 9.52 Å². The molecule has 1 heterocycles. The lowest BCUT2D eigenvalue weighted by atomic mass is 10.5. The molecule has 0 saturated heterocycles. The number of thioether (sulfide) groups is 1. The second-order valence-corrected chi connectivity index (χ2v) is 3.35. The maximum atomic E-state index is 11.8. The molecule has 0 spiro atoms. The zero-order valence-electron chi connectivity index (χ0n) is 6.66. The minimum absolute atomic E-state index is 0.274. The van der Waals surface area contributed by atoms with Gasteiger partial charge in [0.05, 0.1) is 11.8 Å². The quantitative estimate of drug-likeness (QED) is 0.731. The van der Waals surface area contributed by atoms with Crippen molar-refractivity contribution in [3.8, 4) is 0 Å². The number of aliphatic hydroxyl groups excluding tert-OH is 1. The van der Waals surface area contributed by atoms with Crippen LogP contribution in [0.25, 0.3) is 0 Å². The highest BCUT2D eigenvalue weighted by molar-refractivity contribution is 7.99. The summed E-state index contributed by atoms with van der Waals surface area (Å²) < 4.78 is 16.8. The van der Waals surface area contributed by atoms with Crippen LogP contribution in [0.4, 0.5) is 4.39 Å². The second kappa shape index (κ2) is 4.47. The molecule has 3 nitrogen and oxygen atoms in total. The van der Waals surface area contributed by atoms with E-state index in [1.807, 2.05) is 0 Å². The molecule has 0 amide bonds. The van der Waals surface area contributed by atoms with Crippen LogP contribution in [0, 0.1) is 6.92 Å². The van der Waals surface area contributed by atoms with E-state index in [-0.39, 0.29) is 5.75 Å². The third kappa shape index (κ3) is 2.83. The molecular weight excluding hydrogens is 181 g/mol. The first-order chi connectivity index (χ1) is 5.72. The lowest BCUT2D eigenvalue weighted by Crippen LogP contribution is -2.11. The standard InChI is InChI=1S/C7H10FNO2S/c1-5-3-11-7(9-5)12-4-6(10)2-8/h3,6,10H,2,4H2,1H3. The summed E-state index contributed by atoms with van der Waals surface area (Å²) in [5.41, 5.74) is 0.784. The van der Waals surface area contributed by atoms with Gasteiger partial charge in [-0.3, -0.25) is 0 Å². The van der Waals surface area contributed by atoms with Gasteiger partial charge in [-0.05, 0) is 6.92 Å². The molecule has 0 bridgehead atoms. The van der Waals surface area contributed by atoms with Crippen molar-refractivity contribution in [2.24, 2.45) is 0 Å². The van der Waals surface area contributed by atoms with Crippen LogP contribution in [0.15, 0.2) is 15.9 Å². The molecule has 0 aliphatic carbocycles. The van der Waals surface area contributed by atoms with Crippen molar-refractivity contribution < 1.29 is 13.9 Å². The molecule has 1 aromatic rings. The Hall–Kier alpha value is -0.550. The van der Waals surface area contributed by atoms with Crippen LogP contribution in [0.2, 0.25) is 0 Å². The van der Waals surface area contributed by atoms with E-state index in [1.54, 1.807) is 6.92 Å². The average molecular weight is 191 g/mol. The Morgan fingerprint density at radius 3 is 3.08 bits per heavy atom. The molecule has 1 atom stereocenters. The van der Waals surface area contributed by atoms with Crippen LogP contribution in [0.5, 0.6) is 0 Å². The number of nitrogens with zero attached hydrogens (tertiary/aromatic N) is 1. The van der Waals surface area contributed by atoms with Crippen molar-refractivity contribution >= 4 is 11.8 Å². The van der Waals surface area contributed by atoms with E-state index in [9.17, 15) is 4.39 Å². The van der Waals surface area contributed by atoms with Crippen molar-refractivity contribution in [3.05, 3.63) is 12.0 Å². The van der Waals surface area contributed by atoms with Crippen LogP contribution < -0.4 is 0 Å². The largest absolute Gasteiger partial charge is 0.440 e. The minimum atomic E-state index is -0.929. The van der Waals surface area contributed by atoms with E-state index in [0.29, 0.717) is 5.22 Å². The first kappa shape index (κ1) is 9.54. The van der Waals surface area contributed by atoms with Crippen LogP contribution >= 0.6 is 11.8 Å². The lowest BCUT2D eigenvalue weighted by Gasteiger charge is -2.01. The van der Waals surface area contributed by atoms with Crippen molar-refractivity contribution in [2.75, 3.05) is 12.4 Å². The van der Waals surface area contributed by atoms with E-state index in [4.69, 9.17) is 9.52 Å². The molecule has 1 N–H and O–H groups in total. The Morgan fingerprint density at radius 2 is 2.58 bits per heavy atom. The molecule has 0 fully saturated rings. The van der Waals surface area contributed by atoms with Gasteiger partial charge in [0.15, 0.2) is 0 Å². The monoisotopic (exact) mass is 191 g/mol. The summed E-state index contributed by atoms with van der Waals surface area (Å²) in [6.07, 6.45) is 0.590. The fraction of sp³-hybridized carbons (Fsp3) is 0.571. The minimum Gasteiger partial charge on any atom is -0.440 e. The summed E-state index contributed by atoms with van der Waals surface area (Å²) in [7, 11) is 0. The molecule has 5 heteroatoms. The third-order valence-electron chi connectivity index (χ3n) is 1.18. The van der Waals surface area contributed by atoms with Crippen molar-refractivity contribution in [3.63, 3.8) is 0 Å². The number of hydrogen-bond donors (Lipinski definition) is 1. The van der Waals surface area contributed by atoms with Crippen LogP contribution in [0.3, 0.4) is 0 Å². The van der Waals surface area contributed by atoms with Crippen molar-refractivity contribution in [1.82, 2.24) is 4.98 Å². The lowest BCUT2D eigenvalue weighted by molar-refractivity contribution is 0.162. The number of aromatic nitrogens is 1. The van der Waals surface area contributed by atoms with Crippen LogP contribution in [0.1, 0.15) is 5.69 Å². The summed E-state index contributed by atoms with van der Waals surface area (Å²) in [5.74, 6) is 0.274. The molecule has 0 aliphatic rings. The summed E-state index contributed by atoms with van der Waals surface area (Å²) in [5, 5.41) is 9.33. The van der Waals surface area contributed by atoms with Gasteiger partial charge in [0, 0.05) is 5.75 Å². The Balaban J connectivity index is 2.33. The number of halogens is 1. The Morgan fingerprint density at radius 1 is 1.83 bits per heavy atom. The van der Waals surface area contributed by atoms with Gasteiger partial charge >= 0.3 is 0 Å². The first-order valence-corrected chi connectivity index (χ1v) is 4.50. The van der Waals surface area contributed by atoms with Crippen molar-refractivity contribution in [1.29, 1.82) is 0 Å². The van der Waals surface area contributed by atoms with E-state index in [0.717, 1.165) is 5.69 Å². The number of rotatable bonds is 4. The van der Waals surface area contributed by atoms with Crippen LogP contribution in [-0.4, -0.2) is 28.6 Å². The molecule has 1 unspecified atom stereocenters. The highest BCUT2D eigenvalue weighted by atomic mass is 32.2. The third-order valence-corrected chi connectivity index (χ3v) is 2.16. The SMILES string of the molecule is Cc1coc(SCC(O)CF)n1. The molecule has 0 aliphatic heterocycles. The Bertz CT molecular complexity index is 241. The van der Waals surface area contributed by atoms with Gasteiger partial charge in [-0.2, -0.15) is 0 Å². The first-order valence-electron chi connectivity index (χ1n) is 3.51. The highest BCUT2D eigenvalue weighted by Crippen LogP contribution is 2.17. The van der Waals surface area contributed by atoms with Gasteiger partial charge in [0.25, 0.3) is 5.22 Å². The fourth-order valence-corrected chi connectivity index (χ4v) is 1.36. The number of aliphatic hydroxyl groups is 1. The van der Waals surface area contributed by atoms with Gasteiger partial charge in [-0.1, -0.05) is 11.8 Å². The van der Waals surface area contributed by atoms with E-state index in [2.05, 4.69) is 4.98 Å². The second-order valence-electron chi connectivity index (χ2n) is 2.37. The molecule has 12 heavy (non-hydrogen) atoms. The number of oxazole rings is 1. The van der Waals surface area contributed by atoms with Gasteiger partial charge in [0.2, 0.25) is 0 Å². The molecule has 0 radical (unpaired) electrons. The Kier molecular flexibility index (Phi) is 3.55. The molecular formula is C7H10FNO2S. The fourth-order valence-electron chi connectivity index (χ4n) is 0.611. The summed E-state index contributed by atoms with van der Waals surface area (Å²) in [6, 6.07) is 0. The molecule has 1 rings (SSSR count). The van der Waals surface area contributed by atoms with E-state index < -0.39 is 12.8 Å². The van der Waals surface area contributed by atoms with Crippen molar-refractivity contribution in [2.45, 2.75) is 18.3 Å². The number of aryl methyl sites for hydroxylation is 1. The van der Waals surface area contributed by atoms with Crippen LogP contribution in [-0.2, 0) is 0 Å². The van der Waals surface area contributed by atoms with Gasteiger partial charge in [-0.25, -0.2) is 9.37 Å². The zero-order chi connectivity index (χ0) is 8.97. The van der Waals surface area contributed by atoms with E-state index >= 15 is 0 Å². The molecule has 68 valence electrons. The normalized spacial score (nSPS) is 13.2. The zero-order valence-corrected chi connectivity index (χ0v) is 7.47. The summed E-state index contributed by atoms with van der Waals surface area (Å²) in [4.78, 5) is 3.98. The summed E-state index contributed by atoms with van der Waals surface area (Å²) in [6.45, 7) is 1.08. The number of hydrogen-bond acceptors (Lipinski definition) is 4. The van der Waals surface area contributed by atoms with Gasteiger partial charge in [-0.15, -0.1) is 0 Å². The molecule has 0 aromatic carbocycles. The molecule has 1 aromatic heterocycles. The smallest absolute Gasteiger partial charge is 0.255 e. The topological polar surface area (TPSA) is 46.3 Å². The predicted octanol–water partition coefficient (Wildman–Crippen LogP) is 1.41. The highest BCUT2D eigenvalue weighted by Gasteiger charge is 2.07. The van der Waals surface area contributed by atoms with E-state index in [1.165, 1.54) is 18.0 Å². The Labute approximate surface area is 74.0 Å². The summed E-state index contributed by atoms with van der Waals surface area (Å²) >= 11 is 1.21. The average Bonchev–Trinajstić information content (AvgIpc) is 2.47.